The van der Waals surface area contributed by atoms with Crippen LogP contribution in [-0.2, 0) is 11.2 Å². The summed E-state index contributed by atoms with van der Waals surface area (Å²) in [5, 5.41) is 2.88. The van der Waals surface area contributed by atoms with Gasteiger partial charge < -0.3 is 19.6 Å². The third kappa shape index (κ3) is 11.4. The van der Waals surface area contributed by atoms with Crippen LogP contribution in [0.4, 0.5) is 4.79 Å². The Balaban J connectivity index is 2.49. The minimum absolute atomic E-state index is 0.214. The second-order valence-corrected chi connectivity index (χ2v) is 8.91. The van der Waals surface area contributed by atoms with Gasteiger partial charge in [0.15, 0.2) is 0 Å². The third-order valence-electron chi connectivity index (χ3n) is 4.64. The molecule has 0 aliphatic heterocycles. The summed E-state index contributed by atoms with van der Waals surface area (Å²) >= 11 is 0. The normalized spacial score (nSPS) is 13.2. The van der Waals surface area contributed by atoms with Crippen LogP contribution >= 0.6 is 0 Å². The zero-order chi connectivity index (χ0) is 21.8. The average Bonchev–Trinajstić information content (AvgIpc) is 2.62. The maximum atomic E-state index is 12.1. The van der Waals surface area contributed by atoms with Crippen LogP contribution in [0, 0.1) is 6.57 Å². The number of carbonyl (C=O) groups excluding carboxylic acids is 1. The minimum Gasteiger partial charge on any atom is -0.494 e. The number of nitrogens with zero attached hydrogens (tertiary/aromatic N) is 1. The molecule has 0 unspecified atom stereocenters. The summed E-state index contributed by atoms with van der Waals surface area (Å²) in [6.45, 7) is 17.8. The van der Waals surface area contributed by atoms with Crippen LogP contribution in [0.15, 0.2) is 24.3 Å². The minimum atomic E-state index is -0.627. The van der Waals surface area contributed by atoms with Crippen molar-refractivity contribution >= 4 is 6.09 Å². The molecule has 0 fully saturated rings. The van der Waals surface area contributed by atoms with Crippen LogP contribution in [0.25, 0.3) is 4.85 Å². The molecule has 0 aliphatic rings. The van der Waals surface area contributed by atoms with Crippen LogP contribution in [-0.4, -0.2) is 30.4 Å². The van der Waals surface area contributed by atoms with Gasteiger partial charge in [0.25, 0.3) is 0 Å². The van der Waals surface area contributed by atoms with E-state index in [4.69, 9.17) is 16.0 Å². The summed E-state index contributed by atoms with van der Waals surface area (Å²) in [6.07, 6.45) is 7.08. The summed E-state index contributed by atoms with van der Waals surface area (Å²) in [6, 6.07) is 8.10. The van der Waals surface area contributed by atoms with E-state index in [-0.39, 0.29) is 6.54 Å². The molecule has 162 valence electrons. The molecule has 1 aromatic carbocycles. The fraction of sp³-hybridized carbons (Fsp3) is 0.667. The molecular weight excluding hydrogens is 364 g/mol. The fourth-order valence-corrected chi connectivity index (χ4v) is 2.97. The number of carbonyl (C=O) groups is 1. The summed E-state index contributed by atoms with van der Waals surface area (Å²) < 4.78 is 11.2. The highest BCUT2D eigenvalue weighted by molar-refractivity contribution is 5.68. The summed E-state index contributed by atoms with van der Waals surface area (Å²) in [7, 11) is 0. The first-order valence-corrected chi connectivity index (χ1v) is 10.7. The number of alkyl carbamates (subject to hydrolysis) is 1. The predicted molar refractivity (Wildman–Crippen MR) is 118 cm³/mol. The smallest absolute Gasteiger partial charge is 0.408 e. The third-order valence-corrected chi connectivity index (χ3v) is 4.64. The number of rotatable bonds is 12. The van der Waals surface area contributed by atoms with Gasteiger partial charge in [-0.3, -0.25) is 0 Å². The number of unbranched alkanes of at least 4 members (excludes halogenated alkanes) is 4. The van der Waals surface area contributed by atoms with Crippen LogP contribution in [0.5, 0.6) is 5.75 Å². The molecular formula is C24H38N2O3. The Hall–Kier alpha value is -2.22. The molecule has 5 heteroatoms. The molecule has 1 amide bonds. The lowest BCUT2D eigenvalue weighted by atomic mass is 9.93. The van der Waals surface area contributed by atoms with Crippen molar-refractivity contribution in [2.24, 2.45) is 0 Å². The van der Waals surface area contributed by atoms with E-state index in [1.807, 2.05) is 39.8 Å². The standard InChI is InChI=1S/C24H38N2O3/c1-7-8-9-10-11-18-28-21-14-12-20(13-15-21)16-17-24(5,19-25-6)26-22(27)29-23(2,3)4/h12-15H,7-11,16-19H2,1-5H3,(H,26,27)/t24-/m1/s1. The molecule has 0 aliphatic carbocycles. The quantitative estimate of drug-likeness (QED) is 0.336. The monoisotopic (exact) mass is 402 g/mol. The molecule has 1 aromatic rings. The molecule has 5 nitrogen and oxygen atoms in total. The number of benzene rings is 1. The van der Waals surface area contributed by atoms with Crippen LogP contribution < -0.4 is 10.1 Å². The van der Waals surface area contributed by atoms with E-state index in [2.05, 4.69) is 29.2 Å². The number of hydrogen-bond acceptors (Lipinski definition) is 3. The van der Waals surface area contributed by atoms with E-state index in [1.54, 1.807) is 0 Å². The first kappa shape index (κ1) is 24.8. The van der Waals surface area contributed by atoms with Gasteiger partial charge in [-0.1, -0.05) is 44.7 Å². The van der Waals surface area contributed by atoms with E-state index < -0.39 is 17.2 Å². The second kappa shape index (κ2) is 12.4. The summed E-state index contributed by atoms with van der Waals surface area (Å²) in [4.78, 5) is 15.6. The largest absolute Gasteiger partial charge is 0.494 e. The highest BCUT2D eigenvalue weighted by atomic mass is 16.6. The molecule has 1 N–H and O–H groups in total. The van der Waals surface area contributed by atoms with Gasteiger partial charge in [0, 0.05) is 0 Å². The maximum Gasteiger partial charge on any atom is 0.408 e. The van der Waals surface area contributed by atoms with Crippen LogP contribution in [0.1, 0.15) is 78.7 Å². The van der Waals surface area contributed by atoms with Gasteiger partial charge in [0.1, 0.15) is 16.9 Å². The van der Waals surface area contributed by atoms with Crippen molar-refractivity contribution in [3.63, 3.8) is 0 Å². The zero-order valence-corrected chi connectivity index (χ0v) is 18.8. The van der Waals surface area contributed by atoms with Gasteiger partial charge >= 0.3 is 6.09 Å². The van der Waals surface area contributed by atoms with E-state index in [0.717, 1.165) is 30.8 Å². The second-order valence-electron chi connectivity index (χ2n) is 8.91. The van der Waals surface area contributed by atoms with E-state index in [0.29, 0.717) is 6.42 Å². The van der Waals surface area contributed by atoms with Crippen LogP contribution in [0.3, 0.4) is 0 Å². The topological polar surface area (TPSA) is 51.9 Å². The molecule has 29 heavy (non-hydrogen) atoms. The van der Waals surface area contributed by atoms with Crippen LogP contribution in [0.2, 0.25) is 0 Å². The Morgan fingerprint density at radius 3 is 2.31 bits per heavy atom. The fourth-order valence-electron chi connectivity index (χ4n) is 2.97. The van der Waals surface area contributed by atoms with Gasteiger partial charge in [-0.2, -0.15) is 0 Å². The van der Waals surface area contributed by atoms with Gasteiger partial charge in [-0.15, -0.1) is 0 Å². The average molecular weight is 403 g/mol. The Morgan fingerprint density at radius 1 is 1.07 bits per heavy atom. The number of nitrogens with one attached hydrogen (secondary N) is 1. The van der Waals surface area contributed by atoms with Gasteiger partial charge in [-0.25, -0.2) is 11.4 Å². The number of ether oxygens (including phenoxy) is 2. The van der Waals surface area contributed by atoms with Crippen molar-refractivity contribution in [3.05, 3.63) is 41.2 Å². The van der Waals surface area contributed by atoms with E-state index in [9.17, 15) is 4.79 Å². The lowest BCUT2D eigenvalue weighted by molar-refractivity contribution is 0.0466. The molecule has 0 aromatic heterocycles. The maximum absolute atomic E-state index is 12.1. The SMILES string of the molecule is [C-]#[N+]C[C@@](C)(CCc1ccc(OCCCCCCC)cc1)NC(=O)OC(C)(C)C. The number of amides is 1. The van der Waals surface area contributed by atoms with Crippen molar-refractivity contribution in [1.82, 2.24) is 5.32 Å². The first-order chi connectivity index (χ1) is 13.7. The summed E-state index contributed by atoms with van der Waals surface area (Å²) in [5.41, 5.74) is -0.0327. The van der Waals surface area contributed by atoms with Crippen molar-refractivity contribution in [2.75, 3.05) is 13.2 Å². The highest BCUT2D eigenvalue weighted by Crippen LogP contribution is 2.19. The molecule has 0 saturated heterocycles. The Labute approximate surface area is 177 Å². The predicted octanol–water partition coefficient (Wildman–Crippen LogP) is 6.17. The Morgan fingerprint density at radius 2 is 1.72 bits per heavy atom. The lowest BCUT2D eigenvalue weighted by Crippen LogP contribution is -2.50. The molecule has 0 heterocycles. The lowest BCUT2D eigenvalue weighted by Gasteiger charge is -2.28. The van der Waals surface area contributed by atoms with Gasteiger partial charge in [0.05, 0.1) is 6.61 Å². The van der Waals surface area contributed by atoms with E-state index in [1.165, 1.54) is 25.7 Å². The summed E-state index contributed by atoms with van der Waals surface area (Å²) in [5.74, 6) is 0.889. The van der Waals surface area contributed by atoms with Gasteiger partial charge in [0.2, 0.25) is 6.54 Å². The first-order valence-electron chi connectivity index (χ1n) is 10.7. The zero-order valence-electron chi connectivity index (χ0n) is 18.8. The molecule has 0 bridgehead atoms. The van der Waals surface area contributed by atoms with Crippen molar-refractivity contribution in [1.29, 1.82) is 0 Å². The van der Waals surface area contributed by atoms with Crippen molar-refractivity contribution in [3.8, 4) is 5.75 Å². The van der Waals surface area contributed by atoms with Gasteiger partial charge in [-0.05, 0) is 64.7 Å². The number of hydrogen-bond donors (Lipinski definition) is 1. The molecule has 1 rings (SSSR count). The van der Waals surface area contributed by atoms with Crippen molar-refractivity contribution in [2.45, 2.75) is 90.7 Å². The highest BCUT2D eigenvalue weighted by Gasteiger charge is 2.31. The van der Waals surface area contributed by atoms with Crippen molar-refractivity contribution < 1.29 is 14.3 Å². The Bertz CT molecular complexity index is 644. The molecule has 0 radical (unpaired) electrons. The molecule has 1 atom stereocenters. The Kier molecular flexibility index (Phi) is 10.6. The molecule has 0 saturated carbocycles. The number of aryl methyl sites for hydroxylation is 1. The van der Waals surface area contributed by atoms with E-state index >= 15 is 0 Å². The molecule has 0 spiro atoms.